The van der Waals surface area contributed by atoms with Gasteiger partial charge in [-0.1, -0.05) is 15.9 Å². The summed E-state index contributed by atoms with van der Waals surface area (Å²) in [6.07, 6.45) is -4.45. The molecule has 1 unspecified atom stereocenters. The van der Waals surface area contributed by atoms with E-state index >= 15 is 0 Å². The molecule has 1 aromatic rings. The summed E-state index contributed by atoms with van der Waals surface area (Å²) >= 11 is 2.37. The molecule has 0 fully saturated rings. The van der Waals surface area contributed by atoms with Crippen LogP contribution in [0.1, 0.15) is 0 Å². The van der Waals surface area contributed by atoms with Crippen LogP contribution in [-0.4, -0.2) is 17.6 Å². The average Bonchev–Trinajstić information content (AvgIpc) is 2.18. The highest BCUT2D eigenvalue weighted by molar-refractivity contribution is 9.09. The van der Waals surface area contributed by atoms with Gasteiger partial charge in [0.15, 0.2) is 11.6 Å². The van der Waals surface area contributed by atoms with Gasteiger partial charge in [-0.05, 0) is 12.1 Å². The van der Waals surface area contributed by atoms with Crippen LogP contribution in [0.25, 0.3) is 0 Å². The number of rotatable bonds is 3. The minimum atomic E-state index is -4.45. The lowest BCUT2D eigenvalue weighted by atomic mass is 10.3. The van der Waals surface area contributed by atoms with E-state index in [0.717, 1.165) is 12.1 Å². The zero-order valence-corrected chi connectivity index (χ0v) is 9.28. The summed E-state index contributed by atoms with van der Waals surface area (Å²) in [5.74, 6) is -2.42. The third-order valence-electron chi connectivity index (χ3n) is 1.64. The first kappa shape index (κ1) is 13.2. The zero-order valence-electron chi connectivity index (χ0n) is 7.69. The summed E-state index contributed by atoms with van der Waals surface area (Å²) in [5, 5.41) is 0. The van der Waals surface area contributed by atoms with Gasteiger partial charge in [-0.25, -0.2) is 8.78 Å². The molecule has 0 spiro atoms. The van der Waals surface area contributed by atoms with Gasteiger partial charge in [0.25, 0.3) is 0 Å². The number of ether oxygens (including phenoxy) is 1. The molecule has 1 nitrogen and oxygen atoms in total. The van der Waals surface area contributed by atoms with E-state index in [4.69, 9.17) is 0 Å². The van der Waals surface area contributed by atoms with Crippen LogP contribution in [0.2, 0.25) is 0 Å². The van der Waals surface area contributed by atoms with E-state index in [-0.39, 0.29) is 5.75 Å². The lowest BCUT2D eigenvalue weighted by Gasteiger charge is -2.14. The van der Waals surface area contributed by atoms with Crippen molar-refractivity contribution < 1.29 is 26.7 Å². The van der Waals surface area contributed by atoms with Crippen LogP contribution in [0.15, 0.2) is 18.2 Å². The average molecular weight is 305 g/mol. The number of hydrogen-bond donors (Lipinski definition) is 0. The summed E-state index contributed by atoms with van der Waals surface area (Å²) in [7, 11) is 0. The molecule has 0 aliphatic heterocycles. The minimum Gasteiger partial charge on any atom is -0.492 e. The molecule has 0 N–H and O–H groups in total. The summed E-state index contributed by atoms with van der Waals surface area (Å²) in [5.41, 5.74) is 0. The van der Waals surface area contributed by atoms with Crippen molar-refractivity contribution in [1.82, 2.24) is 0 Å². The van der Waals surface area contributed by atoms with Crippen LogP contribution >= 0.6 is 15.9 Å². The van der Waals surface area contributed by atoms with E-state index in [0.29, 0.717) is 6.07 Å². The molecule has 0 aliphatic rings. The molecule has 0 aliphatic carbocycles. The third-order valence-corrected chi connectivity index (χ3v) is 2.43. The second kappa shape index (κ2) is 4.99. The van der Waals surface area contributed by atoms with Crippen molar-refractivity contribution in [3.8, 4) is 5.75 Å². The van der Waals surface area contributed by atoms with E-state index in [1.165, 1.54) is 0 Å². The Morgan fingerprint density at radius 3 is 2.31 bits per heavy atom. The molecule has 1 atom stereocenters. The molecule has 1 aromatic carbocycles. The molecule has 16 heavy (non-hydrogen) atoms. The highest BCUT2D eigenvalue weighted by Crippen LogP contribution is 2.27. The zero-order chi connectivity index (χ0) is 12.3. The van der Waals surface area contributed by atoms with E-state index < -0.39 is 29.2 Å². The molecule has 7 heteroatoms. The summed E-state index contributed by atoms with van der Waals surface area (Å²) in [4.78, 5) is -1.85. The maximum atomic E-state index is 12.6. The quantitative estimate of drug-likeness (QED) is 0.611. The molecule has 90 valence electrons. The number of benzene rings is 1. The Bertz CT molecular complexity index is 365. The highest BCUT2D eigenvalue weighted by atomic mass is 79.9. The second-order valence-corrected chi connectivity index (χ2v) is 4.00. The second-order valence-electron chi connectivity index (χ2n) is 2.90. The monoisotopic (exact) mass is 304 g/mol. The molecule has 0 amide bonds. The fourth-order valence-electron chi connectivity index (χ4n) is 0.831. The van der Waals surface area contributed by atoms with Gasteiger partial charge in [0.2, 0.25) is 0 Å². The first-order chi connectivity index (χ1) is 7.30. The Kier molecular flexibility index (Phi) is 4.12. The molecule has 0 heterocycles. The van der Waals surface area contributed by atoms with Crippen LogP contribution in [0.4, 0.5) is 22.0 Å². The molecule has 0 radical (unpaired) electrons. The van der Waals surface area contributed by atoms with Gasteiger partial charge in [-0.2, -0.15) is 13.2 Å². The lowest BCUT2D eigenvalue weighted by molar-refractivity contribution is -0.132. The van der Waals surface area contributed by atoms with Crippen molar-refractivity contribution in [2.45, 2.75) is 11.0 Å². The van der Waals surface area contributed by atoms with Crippen molar-refractivity contribution in [3.63, 3.8) is 0 Å². The Hall–Kier alpha value is -0.850. The van der Waals surface area contributed by atoms with Crippen LogP contribution in [0, 0.1) is 11.6 Å². The van der Waals surface area contributed by atoms with Crippen molar-refractivity contribution in [1.29, 1.82) is 0 Å². The summed E-state index contributed by atoms with van der Waals surface area (Å²) in [6.45, 7) is -0.714. The summed E-state index contributed by atoms with van der Waals surface area (Å²) < 4.78 is 65.9. The van der Waals surface area contributed by atoms with Crippen molar-refractivity contribution in [2.75, 3.05) is 6.61 Å². The highest BCUT2D eigenvalue weighted by Gasteiger charge is 2.38. The normalized spacial score (nSPS) is 13.6. The predicted octanol–water partition coefficient (Wildman–Crippen LogP) is 3.67. The Labute approximate surface area is 96.3 Å². The van der Waals surface area contributed by atoms with Crippen LogP contribution in [-0.2, 0) is 0 Å². The third kappa shape index (κ3) is 3.62. The number of alkyl halides is 4. The van der Waals surface area contributed by atoms with Crippen LogP contribution in [0.3, 0.4) is 0 Å². The Morgan fingerprint density at radius 2 is 1.81 bits per heavy atom. The smallest absolute Gasteiger partial charge is 0.404 e. The standard InChI is InChI=1S/C9H6BrF5O/c10-8(9(13,14)15)4-16-5-1-2-6(11)7(12)3-5/h1-3,8H,4H2. The largest absolute Gasteiger partial charge is 0.492 e. The topological polar surface area (TPSA) is 9.23 Å². The van der Waals surface area contributed by atoms with Gasteiger partial charge in [0.1, 0.15) is 17.2 Å². The molecular formula is C9H6BrF5O. The van der Waals surface area contributed by atoms with Gasteiger partial charge in [-0.15, -0.1) is 0 Å². The van der Waals surface area contributed by atoms with Crippen molar-refractivity contribution in [3.05, 3.63) is 29.8 Å². The van der Waals surface area contributed by atoms with E-state index in [1.807, 2.05) is 0 Å². The molecule has 0 bridgehead atoms. The van der Waals surface area contributed by atoms with E-state index in [1.54, 1.807) is 0 Å². The van der Waals surface area contributed by atoms with E-state index in [9.17, 15) is 22.0 Å². The van der Waals surface area contributed by atoms with Gasteiger partial charge < -0.3 is 4.74 Å². The predicted molar refractivity (Wildman–Crippen MR) is 50.6 cm³/mol. The molecule has 0 aromatic heterocycles. The Balaban J connectivity index is 2.58. The van der Waals surface area contributed by atoms with Crippen LogP contribution < -0.4 is 4.74 Å². The van der Waals surface area contributed by atoms with Gasteiger partial charge >= 0.3 is 6.18 Å². The SMILES string of the molecule is Fc1ccc(OCC(Br)C(F)(F)F)cc1F. The van der Waals surface area contributed by atoms with Gasteiger partial charge in [0.05, 0.1) is 0 Å². The van der Waals surface area contributed by atoms with Crippen molar-refractivity contribution in [2.24, 2.45) is 0 Å². The van der Waals surface area contributed by atoms with E-state index in [2.05, 4.69) is 20.7 Å². The molecule has 0 saturated carbocycles. The van der Waals surface area contributed by atoms with Gasteiger partial charge in [-0.3, -0.25) is 0 Å². The fraction of sp³-hybridized carbons (Fsp3) is 0.333. The first-order valence-corrected chi connectivity index (χ1v) is 5.01. The fourth-order valence-corrected chi connectivity index (χ4v) is 0.963. The number of hydrogen-bond acceptors (Lipinski definition) is 1. The maximum Gasteiger partial charge on any atom is 0.404 e. The molecule has 0 saturated heterocycles. The van der Waals surface area contributed by atoms with Gasteiger partial charge in [0, 0.05) is 6.07 Å². The molecular weight excluding hydrogens is 299 g/mol. The molecule has 1 rings (SSSR count). The Morgan fingerprint density at radius 1 is 1.19 bits per heavy atom. The lowest BCUT2D eigenvalue weighted by Crippen LogP contribution is -2.28. The van der Waals surface area contributed by atoms with Crippen LogP contribution in [0.5, 0.6) is 5.75 Å². The maximum absolute atomic E-state index is 12.6. The summed E-state index contributed by atoms with van der Waals surface area (Å²) in [6, 6.07) is 2.52. The number of halogens is 6. The van der Waals surface area contributed by atoms with Crippen molar-refractivity contribution >= 4 is 15.9 Å². The minimum absolute atomic E-state index is 0.160. The first-order valence-electron chi connectivity index (χ1n) is 4.09.